The number of hydrogen-bond donors (Lipinski definition) is 2. The molecule has 122 valence electrons. The van der Waals surface area contributed by atoms with Gasteiger partial charge in [0.25, 0.3) is 0 Å². The van der Waals surface area contributed by atoms with Crippen LogP contribution >= 0.6 is 0 Å². The van der Waals surface area contributed by atoms with Gasteiger partial charge in [-0.15, -0.1) is 0 Å². The first kappa shape index (κ1) is 17.8. The fraction of sp³-hybridized carbons (Fsp3) is 0.467. The van der Waals surface area contributed by atoms with Crippen molar-refractivity contribution in [2.75, 3.05) is 34.9 Å². The van der Waals surface area contributed by atoms with Crippen LogP contribution in [0.3, 0.4) is 0 Å². The van der Waals surface area contributed by atoms with Crippen LogP contribution in [0.15, 0.2) is 12.1 Å². The standard InChI is InChI=1S/C15H23N3O4/c1-10-6-12(21-4)13(22-5)7-11(10)8-18(3)9-14(19)17-15(20)16-2/h6-7H,8-9H2,1-5H3,(H2,16,17,19,20). The van der Waals surface area contributed by atoms with E-state index in [1.165, 1.54) is 7.05 Å². The molecule has 0 fully saturated rings. The Hall–Kier alpha value is -2.28. The molecular formula is C15H23N3O4. The Kier molecular flexibility index (Phi) is 6.65. The van der Waals surface area contributed by atoms with Crippen molar-refractivity contribution in [1.29, 1.82) is 0 Å². The molecule has 1 aromatic carbocycles. The molecule has 7 heteroatoms. The van der Waals surface area contributed by atoms with Crippen molar-refractivity contribution in [3.8, 4) is 11.5 Å². The molecule has 0 atom stereocenters. The average Bonchev–Trinajstić information content (AvgIpc) is 2.48. The molecule has 0 aliphatic heterocycles. The molecule has 0 aliphatic rings. The number of rotatable bonds is 6. The van der Waals surface area contributed by atoms with Gasteiger partial charge in [0.2, 0.25) is 5.91 Å². The number of benzene rings is 1. The Morgan fingerprint density at radius 2 is 1.77 bits per heavy atom. The van der Waals surface area contributed by atoms with Crippen molar-refractivity contribution in [1.82, 2.24) is 15.5 Å². The summed E-state index contributed by atoms with van der Waals surface area (Å²) >= 11 is 0. The lowest BCUT2D eigenvalue weighted by molar-refractivity contribution is -0.120. The largest absolute Gasteiger partial charge is 0.493 e. The summed E-state index contributed by atoms with van der Waals surface area (Å²) < 4.78 is 10.5. The van der Waals surface area contributed by atoms with Crippen LogP contribution in [0, 0.1) is 6.92 Å². The molecule has 0 aromatic heterocycles. The number of hydrogen-bond acceptors (Lipinski definition) is 5. The summed E-state index contributed by atoms with van der Waals surface area (Å²) in [6, 6.07) is 3.27. The highest BCUT2D eigenvalue weighted by Gasteiger charge is 2.13. The minimum atomic E-state index is -0.513. The summed E-state index contributed by atoms with van der Waals surface area (Å²) in [5.41, 5.74) is 2.06. The summed E-state index contributed by atoms with van der Waals surface area (Å²) in [4.78, 5) is 24.6. The van der Waals surface area contributed by atoms with Gasteiger partial charge in [0.1, 0.15) is 0 Å². The second-order valence-corrected chi connectivity index (χ2v) is 4.93. The number of carbonyl (C=O) groups excluding carboxylic acids is 2. The first-order valence-corrected chi connectivity index (χ1v) is 6.82. The lowest BCUT2D eigenvalue weighted by Crippen LogP contribution is -2.42. The summed E-state index contributed by atoms with van der Waals surface area (Å²) in [5.74, 6) is 0.954. The highest BCUT2D eigenvalue weighted by atomic mass is 16.5. The summed E-state index contributed by atoms with van der Waals surface area (Å²) in [7, 11) is 6.43. The maximum atomic E-state index is 11.7. The summed E-state index contributed by atoms with van der Waals surface area (Å²) in [6.45, 7) is 2.63. The van der Waals surface area contributed by atoms with Gasteiger partial charge in [-0.25, -0.2) is 4.79 Å². The van der Waals surface area contributed by atoms with Crippen LogP contribution in [0.1, 0.15) is 11.1 Å². The zero-order chi connectivity index (χ0) is 16.7. The first-order valence-electron chi connectivity index (χ1n) is 6.82. The quantitative estimate of drug-likeness (QED) is 0.816. The Bertz CT molecular complexity index is 546. The Labute approximate surface area is 130 Å². The van der Waals surface area contributed by atoms with E-state index in [0.29, 0.717) is 18.0 Å². The highest BCUT2D eigenvalue weighted by molar-refractivity contribution is 5.95. The lowest BCUT2D eigenvalue weighted by Gasteiger charge is -2.19. The van der Waals surface area contributed by atoms with Gasteiger partial charge in [0.05, 0.1) is 20.8 Å². The Balaban J connectivity index is 2.73. The van der Waals surface area contributed by atoms with Crippen LogP contribution in [0.4, 0.5) is 4.79 Å². The van der Waals surface area contributed by atoms with E-state index in [-0.39, 0.29) is 12.5 Å². The molecule has 0 radical (unpaired) electrons. The third kappa shape index (κ3) is 4.92. The molecule has 0 saturated heterocycles. The highest BCUT2D eigenvalue weighted by Crippen LogP contribution is 2.30. The normalized spacial score (nSPS) is 10.3. The Morgan fingerprint density at radius 1 is 1.18 bits per heavy atom. The number of urea groups is 1. The fourth-order valence-corrected chi connectivity index (χ4v) is 2.01. The SMILES string of the molecule is CNC(=O)NC(=O)CN(C)Cc1cc(OC)c(OC)cc1C. The van der Waals surface area contributed by atoms with Crippen LogP contribution in [-0.4, -0.2) is 51.7 Å². The molecule has 1 aromatic rings. The smallest absolute Gasteiger partial charge is 0.321 e. The van der Waals surface area contributed by atoms with Gasteiger partial charge in [-0.1, -0.05) is 0 Å². The summed E-state index contributed by atoms with van der Waals surface area (Å²) in [5, 5.41) is 4.56. The topological polar surface area (TPSA) is 79.9 Å². The molecule has 7 nitrogen and oxygen atoms in total. The number of amides is 3. The van der Waals surface area contributed by atoms with E-state index in [9.17, 15) is 9.59 Å². The maximum Gasteiger partial charge on any atom is 0.321 e. The molecule has 0 saturated carbocycles. The number of imide groups is 1. The minimum Gasteiger partial charge on any atom is -0.493 e. The van der Waals surface area contributed by atoms with Crippen molar-refractivity contribution >= 4 is 11.9 Å². The molecule has 0 bridgehead atoms. The van der Waals surface area contributed by atoms with Gasteiger partial charge in [-0.05, 0) is 37.2 Å². The monoisotopic (exact) mass is 309 g/mol. The Morgan fingerprint density at radius 3 is 2.32 bits per heavy atom. The van der Waals surface area contributed by atoms with Crippen molar-refractivity contribution in [3.05, 3.63) is 23.3 Å². The molecule has 1 rings (SSSR count). The van der Waals surface area contributed by atoms with Gasteiger partial charge in [0, 0.05) is 13.6 Å². The molecule has 0 unspecified atom stereocenters. The van der Waals surface area contributed by atoms with Crippen molar-refractivity contribution in [2.24, 2.45) is 0 Å². The van der Waals surface area contributed by atoms with Crippen LogP contribution < -0.4 is 20.1 Å². The predicted octanol–water partition coefficient (Wildman–Crippen LogP) is 0.900. The second-order valence-electron chi connectivity index (χ2n) is 4.93. The second kappa shape index (κ2) is 8.23. The van der Waals surface area contributed by atoms with E-state index in [2.05, 4.69) is 10.6 Å². The molecule has 0 heterocycles. The van der Waals surface area contributed by atoms with Crippen LogP contribution in [-0.2, 0) is 11.3 Å². The number of likely N-dealkylation sites (N-methyl/N-ethyl adjacent to an activating group) is 1. The lowest BCUT2D eigenvalue weighted by atomic mass is 10.1. The zero-order valence-electron chi connectivity index (χ0n) is 13.6. The molecular weight excluding hydrogens is 286 g/mol. The van der Waals surface area contributed by atoms with E-state index >= 15 is 0 Å². The number of methoxy groups -OCH3 is 2. The van der Waals surface area contributed by atoms with E-state index in [4.69, 9.17) is 9.47 Å². The van der Waals surface area contributed by atoms with Crippen LogP contribution in [0.5, 0.6) is 11.5 Å². The number of carbonyl (C=O) groups is 2. The van der Waals surface area contributed by atoms with E-state index in [0.717, 1.165) is 11.1 Å². The van der Waals surface area contributed by atoms with E-state index < -0.39 is 6.03 Å². The molecule has 0 aliphatic carbocycles. The van der Waals surface area contributed by atoms with Gasteiger partial charge >= 0.3 is 6.03 Å². The van der Waals surface area contributed by atoms with Crippen LogP contribution in [0.25, 0.3) is 0 Å². The molecule has 2 N–H and O–H groups in total. The fourth-order valence-electron chi connectivity index (χ4n) is 2.01. The third-order valence-corrected chi connectivity index (χ3v) is 3.18. The van der Waals surface area contributed by atoms with Crippen molar-refractivity contribution in [3.63, 3.8) is 0 Å². The number of nitrogens with zero attached hydrogens (tertiary/aromatic N) is 1. The number of nitrogens with one attached hydrogen (secondary N) is 2. The van der Waals surface area contributed by atoms with Gasteiger partial charge in [0.15, 0.2) is 11.5 Å². The molecule has 0 spiro atoms. The van der Waals surface area contributed by atoms with Crippen molar-refractivity contribution in [2.45, 2.75) is 13.5 Å². The van der Waals surface area contributed by atoms with E-state index in [1.807, 2.05) is 24.0 Å². The average molecular weight is 309 g/mol. The predicted molar refractivity (Wildman–Crippen MR) is 83.2 cm³/mol. The minimum absolute atomic E-state index is 0.112. The van der Waals surface area contributed by atoms with E-state index in [1.54, 1.807) is 21.3 Å². The van der Waals surface area contributed by atoms with Crippen LogP contribution in [0.2, 0.25) is 0 Å². The van der Waals surface area contributed by atoms with Gasteiger partial charge in [-0.3, -0.25) is 15.0 Å². The first-order chi connectivity index (χ1) is 10.4. The van der Waals surface area contributed by atoms with Crippen molar-refractivity contribution < 1.29 is 19.1 Å². The zero-order valence-corrected chi connectivity index (χ0v) is 13.6. The number of aryl methyl sites for hydroxylation is 1. The molecule has 22 heavy (non-hydrogen) atoms. The van der Waals surface area contributed by atoms with Gasteiger partial charge < -0.3 is 14.8 Å². The molecule has 3 amide bonds. The number of ether oxygens (including phenoxy) is 2. The summed E-state index contributed by atoms with van der Waals surface area (Å²) in [6.07, 6.45) is 0. The van der Waals surface area contributed by atoms with Gasteiger partial charge in [-0.2, -0.15) is 0 Å². The maximum absolute atomic E-state index is 11.7. The third-order valence-electron chi connectivity index (χ3n) is 3.18.